The van der Waals surface area contributed by atoms with E-state index in [0.717, 1.165) is 33.3 Å². The van der Waals surface area contributed by atoms with Crippen LogP contribution in [0.5, 0.6) is 0 Å². The van der Waals surface area contributed by atoms with Gasteiger partial charge in [-0.1, -0.05) is 6.07 Å². The predicted molar refractivity (Wildman–Crippen MR) is 200 cm³/mol. The zero-order valence-electron chi connectivity index (χ0n) is 31.9. The van der Waals surface area contributed by atoms with Gasteiger partial charge in [0.05, 0.1) is 41.9 Å². The molecule has 3 aliphatic heterocycles. The van der Waals surface area contributed by atoms with Gasteiger partial charge < -0.3 is 29.0 Å². The molecule has 7 rings (SSSR count). The summed E-state index contributed by atoms with van der Waals surface area (Å²) >= 11 is 0. The first-order valence-corrected chi connectivity index (χ1v) is 18.5. The van der Waals surface area contributed by atoms with E-state index in [0.29, 0.717) is 56.4 Å². The van der Waals surface area contributed by atoms with Gasteiger partial charge in [-0.05, 0) is 76.4 Å². The van der Waals surface area contributed by atoms with Crippen molar-refractivity contribution in [2.75, 3.05) is 51.8 Å². The molecule has 14 heteroatoms. The molecule has 2 amide bonds. The van der Waals surface area contributed by atoms with E-state index >= 15 is 8.78 Å². The Morgan fingerprint density at radius 2 is 1.76 bits per heavy atom. The number of carbonyl (C=O) groups excluding carboxylic acids is 2. The molecule has 0 aliphatic carbocycles. The number of nitrogens with zero attached hydrogens (tertiary/aromatic N) is 6. The number of fused-ring (bicyclic) bond motifs is 1. The van der Waals surface area contributed by atoms with Crippen LogP contribution in [0.25, 0.3) is 33.4 Å². The summed E-state index contributed by atoms with van der Waals surface area (Å²) in [5.74, 6) is -2.67. The van der Waals surface area contributed by atoms with Crippen molar-refractivity contribution in [3.8, 4) is 22.5 Å². The van der Waals surface area contributed by atoms with Crippen LogP contribution < -0.4 is 5.32 Å². The predicted octanol–water partition coefficient (Wildman–Crippen LogP) is 6.78. The van der Waals surface area contributed by atoms with Crippen LogP contribution in [0.15, 0.2) is 48.9 Å². The molecule has 3 aliphatic rings. The normalized spacial score (nSPS) is 21.4. The van der Waals surface area contributed by atoms with Gasteiger partial charge in [0, 0.05) is 88.1 Å². The lowest BCUT2D eigenvalue weighted by molar-refractivity contribution is -0.187. The Morgan fingerprint density at radius 1 is 1.00 bits per heavy atom. The molecule has 0 aromatic carbocycles. The molecule has 12 nitrogen and oxygen atoms in total. The van der Waals surface area contributed by atoms with Gasteiger partial charge in [0.2, 0.25) is 5.91 Å². The number of aryl methyl sites for hydroxylation is 1. The highest BCUT2D eigenvalue weighted by Crippen LogP contribution is 2.51. The number of nitrogens with one attached hydrogen (secondary N) is 1. The Morgan fingerprint density at radius 3 is 2.39 bits per heavy atom. The molecule has 0 saturated carbocycles. The fourth-order valence-electron chi connectivity index (χ4n) is 8.02. The Bertz CT molecular complexity index is 2030. The number of pyridine rings is 3. The summed E-state index contributed by atoms with van der Waals surface area (Å²) in [6.45, 7) is 8.83. The number of likely N-dealkylation sites (tertiary alicyclic amines) is 2. The van der Waals surface area contributed by atoms with E-state index in [2.05, 4.69) is 10.3 Å². The molecule has 3 saturated heterocycles. The zero-order chi connectivity index (χ0) is 38.5. The highest BCUT2D eigenvalue weighted by atomic mass is 19.3. The summed E-state index contributed by atoms with van der Waals surface area (Å²) in [5.41, 5.74) is 3.01. The fourth-order valence-corrected chi connectivity index (χ4v) is 8.02. The first-order valence-electron chi connectivity index (χ1n) is 18.5. The molecule has 1 atom stereocenters. The molecular weight excluding hydrogens is 696 g/mol. The van der Waals surface area contributed by atoms with Crippen molar-refractivity contribution in [2.24, 2.45) is 12.5 Å². The van der Waals surface area contributed by atoms with Gasteiger partial charge in [-0.2, -0.15) is 0 Å². The lowest BCUT2D eigenvalue weighted by Gasteiger charge is -2.51. The molecule has 54 heavy (non-hydrogen) atoms. The second-order valence-corrected chi connectivity index (χ2v) is 16.0. The van der Waals surface area contributed by atoms with Crippen LogP contribution in [-0.4, -0.2) is 99.3 Å². The van der Waals surface area contributed by atoms with Crippen molar-refractivity contribution in [2.45, 2.75) is 77.0 Å². The van der Waals surface area contributed by atoms with Crippen LogP contribution in [0.1, 0.15) is 64.6 Å². The Kier molecular flexibility index (Phi) is 9.99. The molecule has 4 aromatic heterocycles. The van der Waals surface area contributed by atoms with E-state index in [9.17, 15) is 9.59 Å². The molecule has 0 unspecified atom stereocenters. The molecule has 0 radical (unpaired) electrons. The molecule has 1 N–H and O–H groups in total. The number of hydrogen-bond acceptors (Lipinski definition) is 9. The topological polar surface area (TPSA) is 124 Å². The van der Waals surface area contributed by atoms with Crippen LogP contribution in [0, 0.1) is 5.41 Å². The maximum atomic E-state index is 15.9. The fraction of sp³-hybridized carbons (Fsp3) is 0.525. The number of piperidine rings is 2. The number of rotatable bonds is 7. The van der Waals surface area contributed by atoms with Crippen LogP contribution in [0.3, 0.4) is 0 Å². The number of halogens is 2. The molecule has 3 fully saturated rings. The van der Waals surface area contributed by atoms with Crippen LogP contribution in [0.4, 0.5) is 19.4 Å². The van der Waals surface area contributed by atoms with Crippen molar-refractivity contribution in [1.29, 1.82) is 0 Å². The van der Waals surface area contributed by atoms with E-state index in [1.54, 1.807) is 50.1 Å². The Hall–Kier alpha value is -4.53. The van der Waals surface area contributed by atoms with Gasteiger partial charge in [0.1, 0.15) is 17.0 Å². The van der Waals surface area contributed by atoms with Gasteiger partial charge in [0.15, 0.2) is 0 Å². The number of aromatic nitrogens is 4. The van der Waals surface area contributed by atoms with Crippen LogP contribution in [-0.2, 0) is 38.2 Å². The second-order valence-electron chi connectivity index (χ2n) is 16.0. The highest BCUT2D eigenvalue weighted by Gasteiger charge is 2.57. The van der Waals surface area contributed by atoms with E-state index in [4.69, 9.17) is 24.2 Å². The zero-order valence-corrected chi connectivity index (χ0v) is 31.9. The van der Waals surface area contributed by atoms with Crippen molar-refractivity contribution in [3.05, 3.63) is 60.2 Å². The number of amides is 2. The number of anilines is 1. The number of methoxy groups -OCH3 is 1. The monoisotopic (exact) mass is 745 g/mol. The van der Waals surface area contributed by atoms with Crippen molar-refractivity contribution in [1.82, 2.24) is 29.3 Å². The maximum Gasteiger partial charge on any atom is 0.410 e. The lowest BCUT2D eigenvalue weighted by Crippen LogP contribution is -2.59. The van der Waals surface area contributed by atoms with Crippen molar-refractivity contribution < 1.29 is 32.6 Å². The standard InChI is InChI=1S/C40H49F2N7O5/c1-26(50)45-35-19-29-30(23-47(5)33(29)21-44-35)32-17-28(18-34(46-32)39(52-6)12-16-53-25-39)31-8-7-27(20-43-31)22-48-13-9-38(40(41,42)24-48)10-14-49(15-11-38)36(51)54-37(2,3)4/h7-8,17-21,23H,9-16,22,24-25H2,1-6H3,(H,44,45,50)/t39-/m0/s1. The number of alkyl halides is 2. The summed E-state index contributed by atoms with van der Waals surface area (Å²) in [6.07, 6.45) is 6.53. The Labute approximate surface area is 314 Å². The Balaban J connectivity index is 1.11. The van der Waals surface area contributed by atoms with Gasteiger partial charge in [-0.3, -0.25) is 14.7 Å². The largest absolute Gasteiger partial charge is 0.444 e. The minimum Gasteiger partial charge on any atom is -0.444 e. The SMILES string of the molecule is CO[C@@]1(c2cc(-c3ccc(CN4CCC5(CCN(C(=O)OC(C)(C)C)CC5)C(F)(F)C4)cn3)cc(-c3cn(C)c4cnc(NC(C)=O)cc34)n2)CCOC1. The van der Waals surface area contributed by atoms with E-state index in [1.165, 1.54) is 6.92 Å². The molecule has 1 spiro atoms. The first kappa shape index (κ1) is 37.8. The number of carbonyl (C=O) groups is 2. The maximum absolute atomic E-state index is 15.9. The van der Waals surface area contributed by atoms with E-state index in [1.807, 2.05) is 48.1 Å². The third-order valence-electron chi connectivity index (χ3n) is 11.1. The van der Waals surface area contributed by atoms with Gasteiger partial charge >= 0.3 is 6.09 Å². The van der Waals surface area contributed by atoms with Crippen molar-refractivity contribution >= 4 is 28.7 Å². The summed E-state index contributed by atoms with van der Waals surface area (Å²) in [4.78, 5) is 42.1. The summed E-state index contributed by atoms with van der Waals surface area (Å²) in [6, 6.07) is 9.67. The summed E-state index contributed by atoms with van der Waals surface area (Å²) in [7, 11) is 3.60. The molecule has 288 valence electrons. The molecule has 0 bridgehead atoms. The number of hydrogen-bond donors (Lipinski definition) is 1. The lowest BCUT2D eigenvalue weighted by atomic mass is 9.68. The third kappa shape index (κ3) is 7.43. The van der Waals surface area contributed by atoms with Crippen LogP contribution >= 0.6 is 0 Å². The van der Waals surface area contributed by atoms with Gasteiger partial charge in [-0.15, -0.1) is 0 Å². The minimum atomic E-state index is -2.90. The van der Waals surface area contributed by atoms with Crippen LogP contribution in [0.2, 0.25) is 0 Å². The molecule has 7 heterocycles. The quantitative estimate of drug-likeness (QED) is 0.218. The number of ether oxygens (including phenoxy) is 3. The highest BCUT2D eigenvalue weighted by molar-refractivity contribution is 5.98. The average molecular weight is 746 g/mol. The van der Waals surface area contributed by atoms with E-state index < -0.39 is 28.6 Å². The van der Waals surface area contributed by atoms with Crippen molar-refractivity contribution in [3.63, 3.8) is 0 Å². The minimum absolute atomic E-state index is 0.213. The first-order chi connectivity index (χ1) is 25.6. The van der Waals surface area contributed by atoms with E-state index in [-0.39, 0.29) is 38.4 Å². The van der Waals surface area contributed by atoms with Gasteiger partial charge in [0.25, 0.3) is 5.92 Å². The molecular formula is C40H49F2N7O5. The van der Waals surface area contributed by atoms with Gasteiger partial charge in [-0.25, -0.2) is 23.5 Å². The molecule has 4 aromatic rings. The average Bonchev–Trinajstić information content (AvgIpc) is 3.74. The smallest absolute Gasteiger partial charge is 0.410 e. The second kappa shape index (κ2) is 14.3. The summed E-state index contributed by atoms with van der Waals surface area (Å²) in [5, 5.41) is 3.64. The summed E-state index contributed by atoms with van der Waals surface area (Å²) < 4.78 is 51.1. The third-order valence-corrected chi connectivity index (χ3v) is 11.1.